The van der Waals surface area contributed by atoms with Gasteiger partial charge in [-0.15, -0.1) is 0 Å². The number of Topliss-reactive ketones (excluding diaryl/α,β-unsaturated/α-hetero) is 1. The number of ether oxygens (including phenoxy) is 1. The maximum Gasteiger partial charge on any atom is 0.254 e. The van der Waals surface area contributed by atoms with Crippen molar-refractivity contribution >= 4 is 17.5 Å². The molecule has 4 aliphatic carbocycles. The molecule has 1 N–H and O–H groups in total. The van der Waals surface area contributed by atoms with Crippen LogP contribution >= 0.6 is 11.8 Å². The first-order chi connectivity index (χ1) is 14.9. The van der Waals surface area contributed by atoms with Crippen LogP contribution in [-0.2, 0) is 6.42 Å². The fourth-order valence-corrected chi connectivity index (χ4v) is 7.43. The van der Waals surface area contributed by atoms with Crippen molar-refractivity contribution in [1.82, 2.24) is 9.97 Å². The maximum atomic E-state index is 12.6. The van der Waals surface area contributed by atoms with Crippen LogP contribution in [0.1, 0.15) is 60.1 Å². The van der Waals surface area contributed by atoms with Crippen molar-refractivity contribution < 1.29 is 9.53 Å². The highest BCUT2D eigenvalue weighted by molar-refractivity contribution is 7.99. The number of rotatable bonds is 7. The zero-order valence-corrected chi connectivity index (χ0v) is 19.1. The highest BCUT2D eigenvalue weighted by Gasteiger charge is 2.51. The first kappa shape index (κ1) is 20.8. The molecule has 1 aromatic heterocycles. The van der Waals surface area contributed by atoms with Gasteiger partial charge in [-0.25, -0.2) is 4.98 Å². The van der Waals surface area contributed by atoms with Crippen LogP contribution in [-0.4, -0.2) is 28.6 Å². The van der Waals surface area contributed by atoms with E-state index in [1.807, 2.05) is 6.92 Å². The van der Waals surface area contributed by atoms with E-state index in [0.717, 1.165) is 41.2 Å². The van der Waals surface area contributed by atoms with Crippen molar-refractivity contribution in [3.05, 3.63) is 51.4 Å². The molecule has 1 heterocycles. The standard InChI is InChI=1S/C25H30N2O3S/c1-15-21(13-25-10-16-7-17(11-25)9-18(8-16)12-25)26-24(27-23(15)29)31-14-22(28)19-3-5-20(30-2)6-4-19/h3-6,16-18H,7-14H2,1-2H3,(H,26,27,29). The monoisotopic (exact) mass is 438 g/mol. The molecule has 0 amide bonds. The van der Waals surface area contributed by atoms with E-state index in [0.29, 0.717) is 16.1 Å². The minimum atomic E-state index is -0.0749. The summed E-state index contributed by atoms with van der Waals surface area (Å²) in [6, 6.07) is 7.11. The second-order valence-electron chi connectivity index (χ2n) is 9.98. The quantitative estimate of drug-likeness (QED) is 0.381. The van der Waals surface area contributed by atoms with Gasteiger partial charge in [0.25, 0.3) is 5.56 Å². The van der Waals surface area contributed by atoms with Gasteiger partial charge in [0.05, 0.1) is 18.6 Å². The molecule has 1 aromatic carbocycles. The van der Waals surface area contributed by atoms with E-state index in [4.69, 9.17) is 9.72 Å². The Morgan fingerprint density at radius 3 is 2.32 bits per heavy atom. The first-order valence-electron chi connectivity index (χ1n) is 11.3. The number of aromatic nitrogens is 2. The van der Waals surface area contributed by atoms with Crippen molar-refractivity contribution in [2.45, 2.75) is 57.0 Å². The largest absolute Gasteiger partial charge is 0.497 e. The Labute approximate surface area is 187 Å². The van der Waals surface area contributed by atoms with Crippen molar-refractivity contribution in [2.75, 3.05) is 12.9 Å². The number of ketones is 1. The van der Waals surface area contributed by atoms with Crippen LogP contribution in [0.4, 0.5) is 0 Å². The number of methoxy groups -OCH3 is 1. The van der Waals surface area contributed by atoms with E-state index in [1.54, 1.807) is 31.4 Å². The Morgan fingerprint density at radius 2 is 1.74 bits per heavy atom. The summed E-state index contributed by atoms with van der Waals surface area (Å²) in [6.45, 7) is 1.89. The second-order valence-corrected chi connectivity index (χ2v) is 10.9. The van der Waals surface area contributed by atoms with Crippen LogP contribution < -0.4 is 10.3 Å². The summed E-state index contributed by atoms with van der Waals surface area (Å²) in [5.41, 5.74) is 2.57. The molecule has 31 heavy (non-hydrogen) atoms. The van der Waals surface area contributed by atoms with Gasteiger partial charge >= 0.3 is 0 Å². The summed E-state index contributed by atoms with van der Waals surface area (Å²) < 4.78 is 5.15. The number of carbonyl (C=O) groups excluding carboxylic acids is 1. The number of hydrogen-bond acceptors (Lipinski definition) is 5. The van der Waals surface area contributed by atoms with Gasteiger partial charge in [0.2, 0.25) is 0 Å². The summed E-state index contributed by atoms with van der Waals surface area (Å²) in [5, 5.41) is 0.553. The lowest BCUT2D eigenvalue weighted by molar-refractivity contribution is -0.0528. The van der Waals surface area contributed by atoms with Crippen molar-refractivity contribution in [2.24, 2.45) is 23.2 Å². The molecule has 4 fully saturated rings. The minimum Gasteiger partial charge on any atom is -0.497 e. The third kappa shape index (κ3) is 4.19. The third-order valence-corrected chi connectivity index (χ3v) is 8.56. The molecule has 6 heteroatoms. The molecule has 0 spiro atoms. The number of nitrogens with one attached hydrogen (secondary N) is 1. The Morgan fingerprint density at radius 1 is 1.13 bits per heavy atom. The predicted molar refractivity (Wildman–Crippen MR) is 122 cm³/mol. The van der Waals surface area contributed by atoms with Gasteiger partial charge in [0.1, 0.15) is 5.75 Å². The van der Waals surface area contributed by atoms with E-state index in [2.05, 4.69) is 4.98 Å². The summed E-state index contributed by atoms with van der Waals surface area (Å²) in [4.78, 5) is 32.9. The summed E-state index contributed by atoms with van der Waals surface area (Å²) in [5.74, 6) is 3.62. The molecule has 0 radical (unpaired) electrons. The summed E-state index contributed by atoms with van der Waals surface area (Å²) in [6.07, 6.45) is 9.04. The van der Waals surface area contributed by atoms with Crippen LogP contribution in [0.25, 0.3) is 0 Å². The minimum absolute atomic E-state index is 0.0125. The smallest absolute Gasteiger partial charge is 0.254 e. The zero-order chi connectivity index (χ0) is 21.6. The van der Waals surface area contributed by atoms with E-state index in [1.165, 1.54) is 50.3 Å². The fraction of sp³-hybridized carbons (Fsp3) is 0.560. The lowest BCUT2D eigenvalue weighted by atomic mass is 9.48. The second kappa shape index (κ2) is 8.12. The van der Waals surface area contributed by atoms with Gasteiger partial charge in [0, 0.05) is 11.1 Å². The number of thioether (sulfide) groups is 1. The molecule has 4 aliphatic rings. The molecule has 4 bridgehead atoms. The van der Waals surface area contributed by atoms with Crippen molar-refractivity contribution in [1.29, 1.82) is 0 Å². The average Bonchev–Trinajstić information content (AvgIpc) is 2.74. The van der Waals surface area contributed by atoms with Crippen molar-refractivity contribution in [3.8, 4) is 5.75 Å². The molecule has 2 aromatic rings. The highest BCUT2D eigenvalue weighted by Crippen LogP contribution is 2.61. The zero-order valence-electron chi connectivity index (χ0n) is 18.3. The topological polar surface area (TPSA) is 72.0 Å². The van der Waals surface area contributed by atoms with E-state index < -0.39 is 0 Å². The van der Waals surface area contributed by atoms with E-state index in [-0.39, 0.29) is 17.1 Å². The molecule has 4 saturated carbocycles. The van der Waals surface area contributed by atoms with Gasteiger partial charge < -0.3 is 9.72 Å². The first-order valence-corrected chi connectivity index (χ1v) is 12.3. The molecule has 5 nitrogen and oxygen atoms in total. The number of nitrogens with zero attached hydrogens (tertiary/aromatic N) is 1. The number of benzene rings is 1. The fourth-order valence-electron chi connectivity index (χ4n) is 6.65. The Balaban J connectivity index is 1.31. The van der Waals surface area contributed by atoms with Crippen LogP contribution in [0.5, 0.6) is 5.75 Å². The molecule has 164 valence electrons. The van der Waals surface area contributed by atoms with E-state index >= 15 is 0 Å². The van der Waals surface area contributed by atoms with Gasteiger partial charge in [0.15, 0.2) is 10.9 Å². The Kier molecular flexibility index (Phi) is 5.45. The predicted octanol–water partition coefficient (Wildman–Crippen LogP) is 4.82. The lowest BCUT2D eigenvalue weighted by Gasteiger charge is -2.57. The lowest BCUT2D eigenvalue weighted by Crippen LogP contribution is -2.47. The molecule has 6 rings (SSSR count). The summed E-state index contributed by atoms with van der Waals surface area (Å²) in [7, 11) is 1.60. The normalized spacial score (nSPS) is 28.6. The number of H-pyrrole nitrogens is 1. The molecular weight excluding hydrogens is 408 g/mol. The molecule has 0 atom stereocenters. The van der Waals surface area contributed by atoms with Crippen LogP contribution in [0.15, 0.2) is 34.2 Å². The van der Waals surface area contributed by atoms with Gasteiger partial charge in [-0.05, 0) is 99.3 Å². The van der Waals surface area contributed by atoms with E-state index in [9.17, 15) is 9.59 Å². The van der Waals surface area contributed by atoms with Crippen LogP contribution in [0.2, 0.25) is 0 Å². The Bertz CT molecular complexity index is 1010. The molecule has 0 saturated heterocycles. The number of carbonyl (C=O) groups is 1. The number of aromatic amines is 1. The number of hydrogen-bond donors (Lipinski definition) is 1. The van der Waals surface area contributed by atoms with Crippen LogP contribution in [0.3, 0.4) is 0 Å². The van der Waals surface area contributed by atoms with Crippen molar-refractivity contribution in [3.63, 3.8) is 0 Å². The SMILES string of the molecule is COc1ccc(C(=O)CSc2nc(CC34CC5CC(CC(C5)C3)C4)c(C)c(=O)[nH]2)cc1. The Hall–Kier alpha value is -2.08. The van der Waals surface area contributed by atoms with Gasteiger partial charge in [-0.2, -0.15) is 0 Å². The maximum absolute atomic E-state index is 12.6. The van der Waals surface area contributed by atoms with Crippen LogP contribution in [0, 0.1) is 30.1 Å². The van der Waals surface area contributed by atoms with Gasteiger partial charge in [-0.1, -0.05) is 11.8 Å². The molecule has 0 aliphatic heterocycles. The highest BCUT2D eigenvalue weighted by atomic mass is 32.2. The summed E-state index contributed by atoms with van der Waals surface area (Å²) >= 11 is 1.32. The molecular formula is C25H30N2O3S. The van der Waals surface area contributed by atoms with Gasteiger partial charge in [-0.3, -0.25) is 9.59 Å². The molecule has 0 unspecified atom stereocenters. The third-order valence-electron chi connectivity index (χ3n) is 7.69. The average molecular weight is 439 g/mol.